The Morgan fingerprint density at radius 1 is 1.25 bits per heavy atom. The lowest BCUT2D eigenvalue weighted by Gasteiger charge is -2.10. The monoisotopic (exact) mass is 268 g/mol. The van der Waals surface area contributed by atoms with Crippen molar-refractivity contribution in [3.05, 3.63) is 47.9 Å². The van der Waals surface area contributed by atoms with Crippen molar-refractivity contribution in [1.29, 1.82) is 0 Å². The standard InChI is InChI=1S/C15H16N4O/c1-10-7-16-14-13(10)15(19-9-18-14)17-8-11-5-3-4-6-12(11)20-2/h3-7,9H,8H2,1-2H3,(H2,16,17,18,19). The molecule has 2 N–H and O–H groups in total. The van der Waals surface area contributed by atoms with Crippen LogP contribution in [-0.2, 0) is 6.54 Å². The van der Waals surface area contributed by atoms with Gasteiger partial charge in [0.05, 0.1) is 12.5 Å². The highest BCUT2D eigenvalue weighted by Crippen LogP contribution is 2.24. The Kier molecular flexibility index (Phi) is 3.25. The number of benzene rings is 1. The fraction of sp³-hybridized carbons (Fsp3) is 0.200. The second-order valence-corrected chi connectivity index (χ2v) is 4.58. The van der Waals surface area contributed by atoms with Gasteiger partial charge in [0.25, 0.3) is 0 Å². The fourth-order valence-corrected chi connectivity index (χ4v) is 2.28. The summed E-state index contributed by atoms with van der Waals surface area (Å²) in [4.78, 5) is 11.7. The topological polar surface area (TPSA) is 62.8 Å². The normalized spacial score (nSPS) is 10.7. The molecule has 5 heteroatoms. The molecule has 0 aliphatic carbocycles. The Labute approximate surface area is 117 Å². The van der Waals surface area contributed by atoms with Gasteiger partial charge in [0.2, 0.25) is 0 Å². The third-order valence-corrected chi connectivity index (χ3v) is 3.31. The van der Waals surface area contributed by atoms with Gasteiger partial charge in [-0.1, -0.05) is 18.2 Å². The van der Waals surface area contributed by atoms with Crippen LogP contribution < -0.4 is 10.1 Å². The zero-order valence-electron chi connectivity index (χ0n) is 11.5. The van der Waals surface area contributed by atoms with E-state index in [2.05, 4.69) is 20.3 Å². The Bertz CT molecular complexity index is 736. The van der Waals surface area contributed by atoms with E-state index in [0.29, 0.717) is 6.54 Å². The van der Waals surface area contributed by atoms with E-state index in [9.17, 15) is 0 Å². The van der Waals surface area contributed by atoms with Gasteiger partial charge in [-0.3, -0.25) is 0 Å². The first kappa shape index (κ1) is 12.5. The number of rotatable bonds is 4. The van der Waals surface area contributed by atoms with Crippen molar-refractivity contribution in [2.75, 3.05) is 12.4 Å². The van der Waals surface area contributed by atoms with E-state index in [4.69, 9.17) is 4.74 Å². The van der Waals surface area contributed by atoms with Crippen LogP contribution in [0.3, 0.4) is 0 Å². The Morgan fingerprint density at radius 2 is 2.10 bits per heavy atom. The predicted octanol–water partition coefficient (Wildman–Crippen LogP) is 2.89. The van der Waals surface area contributed by atoms with Crippen molar-refractivity contribution >= 4 is 16.9 Å². The van der Waals surface area contributed by atoms with Gasteiger partial charge in [0.15, 0.2) is 0 Å². The highest BCUT2D eigenvalue weighted by atomic mass is 16.5. The predicted molar refractivity (Wildman–Crippen MR) is 78.9 cm³/mol. The van der Waals surface area contributed by atoms with E-state index >= 15 is 0 Å². The van der Waals surface area contributed by atoms with Gasteiger partial charge in [0, 0.05) is 18.3 Å². The fourth-order valence-electron chi connectivity index (χ4n) is 2.28. The average Bonchev–Trinajstić information content (AvgIpc) is 2.87. The molecular weight excluding hydrogens is 252 g/mol. The minimum absolute atomic E-state index is 0.654. The molecule has 0 amide bonds. The molecule has 0 aliphatic heterocycles. The molecule has 0 atom stereocenters. The van der Waals surface area contributed by atoms with Crippen LogP contribution in [0.15, 0.2) is 36.8 Å². The van der Waals surface area contributed by atoms with Crippen LogP contribution in [0, 0.1) is 6.92 Å². The summed E-state index contributed by atoms with van der Waals surface area (Å²) in [7, 11) is 1.68. The van der Waals surface area contributed by atoms with Crippen LogP contribution in [0.25, 0.3) is 11.0 Å². The molecule has 3 rings (SSSR count). The van der Waals surface area contributed by atoms with Gasteiger partial charge in [-0.25, -0.2) is 9.97 Å². The summed E-state index contributed by atoms with van der Waals surface area (Å²) in [6.07, 6.45) is 3.50. The van der Waals surface area contributed by atoms with E-state index in [1.165, 1.54) is 0 Å². The summed E-state index contributed by atoms with van der Waals surface area (Å²) in [5.41, 5.74) is 3.07. The molecule has 2 heterocycles. The van der Waals surface area contributed by atoms with E-state index in [1.54, 1.807) is 13.4 Å². The molecule has 0 spiro atoms. The molecule has 2 aromatic heterocycles. The first-order valence-electron chi connectivity index (χ1n) is 6.44. The summed E-state index contributed by atoms with van der Waals surface area (Å²) < 4.78 is 5.35. The van der Waals surface area contributed by atoms with Crippen molar-refractivity contribution in [3.63, 3.8) is 0 Å². The molecule has 0 saturated carbocycles. The molecule has 0 aliphatic rings. The number of nitrogens with zero attached hydrogens (tertiary/aromatic N) is 2. The zero-order chi connectivity index (χ0) is 13.9. The van der Waals surface area contributed by atoms with E-state index in [1.807, 2.05) is 37.4 Å². The van der Waals surface area contributed by atoms with Crippen LogP contribution in [0.4, 0.5) is 5.82 Å². The quantitative estimate of drug-likeness (QED) is 0.763. The molecule has 1 aromatic carbocycles. The van der Waals surface area contributed by atoms with Crippen LogP contribution in [-0.4, -0.2) is 22.1 Å². The van der Waals surface area contributed by atoms with Crippen LogP contribution >= 0.6 is 0 Å². The zero-order valence-corrected chi connectivity index (χ0v) is 11.5. The van der Waals surface area contributed by atoms with Gasteiger partial charge in [0.1, 0.15) is 23.5 Å². The largest absolute Gasteiger partial charge is 0.496 e. The molecule has 5 nitrogen and oxygen atoms in total. The maximum atomic E-state index is 5.35. The molecule has 0 bridgehead atoms. The number of fused-ring (bicyclic) bond motifs is 1. The van der Waals surface area contributed by atoms with Gasteiger partial charge < -0.3 is 15.0 Å². The number of hydrogen-bond acceptors (Lipinski definition) is 4. The summed E-state index contributed by atoms with van der Waals surface area (Å²) in [6, 6.07) is 7.94. The molecule has 102 valence electrons. The second kappa shape index (κ2) is 5.21. The number of ether oxygens (including phenoxy) is 1. The third-order valence-electron chi connectivity index (χ3n) is 3.31. The Morgan fingerprint density at radius 3 is 2.95 bits per heavy atom. The van der Waals surface area contributed by atoms with E-state index < -0.39 is 0 Å². The maximum absolute atomic E-state index is 5.35. The number of hydrogen-bond donors (Lipinski definition) is 2. The van der Waals surface area contributed by atoms with Crippen LogP contribution in [0.5, 0.6) is 5.75 Å². The van der Waals surface area contributed by atoms with E-state index in [-0.39, 0.29) is 0 Å². The number of aromatic nitrogens is 3. The number of aryl methyl sites for hydroxylation is 1. The van der Waals surface area contributed by atoms with Gasteiger partial charge >= 0.3 is 0 Å². The molecule has 0 radical (unpaired) electrons. The molecule has 0 fully saturated rings. The minimum atomic E-state index is 0.654. The van der Waals surface area contributed by atoms with Gasteiger partial charge in [-0.05, 0) is 18.6 Å². The maximum Gasteiger partial charge on any atom is 0.143 e. The van der Waals surface area contributed by atoms with Crippen LogP contribution in [0.1, 0.15) is 11.1 Å². The number of aromatic amines is 1. The number of H-pyrrole nitrogens is 1. The van der Waals surface area contributed by atoms with Crippen molar-refractivity contribution in [2.24, 2.45) is 0 Å². The minimum Gasteiger partial charge on any atom is -0.496 e. The lowest BCUT2D eigenvalue weighted by atomic mass is 10.2. The van der Waals surface area contributed by atoms with Gasteiger partial charge in [-0.2, -0.15) is 0 Å². The first-order valence-corrected chi connectivity index (χ1v) is 6.44. The number of methoxy groups -OCH3 is 1. The van der Waals surface area contributed by atoms with Gasteiger partial charge in [-0.15, -0.1) is 0 Å². The third kappa shape index (κ3) is 2.18. The summed E-state index contributed by atoms with van der Waals surface area (Å²) in [6.45, 7) is 2.69. The van der Waals surface area contributed by atoms with E-state index in [0.717, 1.165) is 33.7 Å². The highest BCUT2D eigenvalue weighted by Gasteiger charge is 2.08. The number of nitrogens with one attached hydrogen (secondary N) is 2. The smallest absolute Gasteiger partial charge is 0.143 e. The SMILES string of the molecule is COc1ccccc1CNc1ncnc2[nH]cc(C)c12. The molecular formula is C15H16N4O. The summed E-state index contributed by atoms with van der Waals surface area (Å²) in [5.74, 6) is 1.70. The second-order valence-electron chi connectivity index (χ2n) is 4.58. The number of para-hydroxylation sites is 1. The lowest BCUT2D eigenvalue weighted by Crippen LogP contribution is -2.04. The Balaban J connectivity index is 1.89. The van der Waals surface area contributed by atoms with Crippen LogP contribution in [0.2, 0.25) is 0 Å². The highest BCUT2D eigenvalue weighted by molar-refractivity contribution is 5.90. The molecule has 0 saturated heterocycles. The Hall–Kier alpha value is -2.56. The number of anilines is 1. The summed E-state index contributed by atoms with van der Waals surface area (Å²) >= 11 is 0. The lowest BCUT2D eigenvalue weighted by molar-refractivity contribution is 0.410. The van der Waals surface area contributed by atoms with Crippen molar-refractivity contribution in [3.8, 4) is 5.75 Å². The van der Waals surface area contributed by atoms with Crippen molar-refractivity contribution in [1.82, 2.24) is 15.0 Å². The average molecular weight is 268 g/mol. The van der Waals surface area contributed by atoms with Crippen molar-refractivity contribution in [2.45, 2.75) is 13.5 Å². The molecule has 0 unspecified atom stereocenters. The van der Waals surface area contributed by atoms with Crippen molar-refractivity contribution < 1.29 is 4.74 Å². The molecule has 20 heavy (non-hydrogen) atoms. The molecule has 3 aromatic rings. The summed E-state index contributed by atoms with van der Waals surface area (Å²) in [5, 5.41) is 4.38. The first-order chi connectivity index (χ1) is 9.79.